The molecule has 2 nitrogen and oxygen atoms in total. The van der Waals surface area contributed by atoms with Gasteiger partial charge in [-0.25, -0.2) is 0 Å². The zero-order valence-electron chi connectivity index (χ0n) is 34.9. The van der Waals surface area contributed by atoms with E-state index >= 15 is 0 Å². The number of nitrogens with zero attached hydrogens (tertiary/aromatic N) is 2. The third kappa shape index (κ3) is 5.50. The summed E-state index contributed by atoms with van der Waals surface area (Å²) >= 11 is 0. The summed E-state index contributed by atoms with van der Waals surface area (Å²) in [4.78, 5) is 5.25. The highest BCUT2D eigenvalue weighted by Crippen LogP contribution is 2.47. The van der Waals surface area contributed by atoms with E-state index in [1.807, 2.05) is 0 Å². The van der Waals surface area contributed by atoms with Gasteiger partial charge in [-0.05, 0) is 121 Å². The third-order valence-electron chi connectivity index (χ3n) is 12.7. The number of benzene rings is 6. The molecule has 0 bridgehead atoms. The van der Waals surface area contributed by atoms with E-state index in [1.165, 1.54) is 83.9 Å². The minimum absolute atomic E-state index is 0.00182. The highest BCUT2D eigenvalue weighted by Gasteiger charge is 2.52. The van der Waals surface area contributed by atoms with Crippen LogP contribution in [0.2, 0.25) is 13.1 Å². The Balaban J connectivity index is 1.39. The van der Waals surface area contributed by atoms with Crippen molar-refractivity contribution in [3.63, 3.8) is 0 Å². The average molecular weight is 735 g/mol. The maximum atomic E-state index is 2.63. The molecule has 276 valence electrons. The molecule has 3 aliphatic heterocycles. The van der Waals surface area contributed by atoms with Crippen LogP contribution in [0.15, 0.2) is 115 Å². The lowest BCUT2D eigenvalue weighted by Crippen LogP contribution is -2.79. The average Bonchev–Trinajstić information content (AvgIpc) is 3.12. The van der Waals surface area contributed by atoms with Gasteiger partial charge in [-0.3, -0.25) is 0 Å². The van der Waals surface area contributed by atoms with Crippen LogP contribution in [0.3, 0.4) is 0 Å². The van der Waals surface area contributed by atoms with E-state index < -0.39 is 8.07 Å². The largest absolute Gasteiger partial charge is 0.311 e. The molecule has 6 aromatic carbocycles. The monoisotopic (exact) mass is 734 g/mol. The van der Waals surface area contributed by atoms with Crippen molar-refractivity contribution in [2.24, 2.45) is 0 Å². The molecular weight excluding hydrogens is 679 g/mol. The molecule has 0 amide bonds. The summed E-state index contributed by atoms with van der Waals surface area (Å²) in [6.07, 6.45) is 0. The Labute approximate surface area is 331 Å². The summed E-state index contributed by atoms with van der Waals surface area (Å²) in [5.41, 5.74) is 20.2. The fourth-order valence-corrected chi connectivity index (χ4v) is 12.7. The smallest absolute Gasteiger partial charge is 0.251 e. The molecule has 4 heteroatoms. The lowest BCUT2D eigenvalue weighted by atomic mass is 9.33. The van der Waals surface area contributed by atoms with Crippen molar-refractivity contribution in [3.8, 4) is 11.1 Å². The Hall–Kier alpha value is -4.80. The predicted molar refractivity (Wildman–Crippen MR) is 243 cm³/mol. The Morgan fingerprint density at radius 2 is 0.836 bits per heavy atom. The molecule has 0 fully saturated rings. The van der Waals surface area contributed by atoms with E-state index in [0.29, 0.717) is 0 Å². The predicted octanol–water partition coefficient (Wildman–Crippen LogP) is 10.8. The second-order valence-corrected chi connectivity index (χ2v) is 24.4. The van der Waals surface area contributed by atoms with Crippen molar-refractivity contribution in [3.05, 3.63) is 138 Å². The molecule has 0 spiro atoms. The van der Waals surface area contributed by atoms with Gasteiger partial charge < -0.3 is 9.80 Å². The van der Waals surface area contributed by atoms with Crippen molar-refractivity contribution < 1.29 is 0 Å². The maximum Gasteiger partial charge on any atom is 0.251 e. The Morgan fingerprint density at radius 3 is 1.27 bits per heavy atom. The van der Waals surface area contributed by atoms with Crippen LogP contribution in [0.25, 0.3) is 11.1 Å². The number of aryl methyl sites for hydroxylation is 1. The van der Waals surface area contributed by atoms with E-state index in [9.17, 15) is 0 Å². The van der Waals surface area contributed by atoms with E-state index in [-0.39, 0.29) is 23.0 Å². The topological polar surface area (TPSA) is 6.48 Å². The lowest BCUT2D eigenvalue weighted by molar-refractivity contribution is 0.590. The molecule has 0 aromatic heterocycles. The zero-order valence-corrected chi connectivity index (χ0v) is 35.9. The second-order valence-electron chi connectivity index (χ2n) is 20.1. The van der Waals surface area contributed by atoms with Gasteiger partial charge in [-0.15, -0.1) is 0 Å². The van der Waals surface area contributed by atoms with Gasteiger partial charge in [0.2, 0.25) is 0 Å². The van der Waals surface area contributed by atoms with Crippen LogP contribution < -0.4 is 36.6 Å². The molecule has 0 N–H and O–H groups in total. The van der Waals surface area contributed by atoms with Crippen LogP contribution in [-0.4, -0.2) is 14.8 Å². The summed E-state index contributed by atoms with van der Waals surface area (Å²) < 4.78 is 0. The molecule has 0 saturated carbocycles. The van der Waals surface area contributed by atoms with Crippen LogP contribution >= 0.6 is 0 Å². The first kappa shape index (κ1) is 35.9. The standard InChI is InChI=1S/C51H55BN2Si/c1-32-26-40-46-41(27-32)54(39-24-20-35(21-25-39)49(2,3)4)43-29-37(51(8,9)10)31-45-48(43)52(46)47-42(28-36(50(5,6)7)30-44(47)55(45,11)12)53(40)38-22-18-34(19-23-38)33-16-14-13-15-17-33/h13-31H,1-12H3. The Kier molecular flexibility index (Phi) is 7.73. The molecule has 3 aliphatic rings. The second kappa shape index (κ2) is 11.9. The quantitative estimate of drug-likeness (QED) is 0.167. The lowest BCUT2D eigenvalue weighted by Gasteiger charge is -2.51. The van der Waals surface area contributed by atoms with Crippen LogP contribution in [0.4, 0.5) is 34.1 Å². The first-order valence-electron chi connectivity index (χ1n) is 20.2. The molecule has 0 atom stereocenters. The summed E-state index contributed by atoms with van der Waals surface area (Å²) in [6, 6.07) is 44.8. The van der Waals surface area contributed by atoms with Crippen LogP contribution in [0.1, 0.15) is 84.6 Å². The summed E-state index contributed by atoms with van der Waals surface area (Å²) in [5, 5.41) is 3.19. The maximum absolute atomic E-state index is 2.63. The van der Waals surface area contributed by atoms with Crippen molar-refractivity contribution in [2.75, 3.05) is 9.80 Å². The van der Waals surface area contributed by atoms with Gasteiger partial charge in [0, 0.05) is 34.1 Å². The van der Waals surface area contributed by atoms with Gasteiger partial charge in [0.05, 0.1) is 0 Å². The zero-order chi connectivity index (χ0) is 39.0. The van der Waals surface area contributed by atoms with Crippen molar-refractivity contribution in [2.45, 2.75) is 98.6 Å². The summed E-state index contributed by atoms with van der Waals surface area (Å²) in [7, 11) is -2.24. The van der Waals surface area contributed by atoms with E-state index in [4.69, 9.17) is 0 Å². The van der Waals surface area contributed by atoms with E-state index in [1.54, 1.807) is 10.4 Å². The van der Waals surface area contributed by atoms with Gasteiger partial charge in [-0.1, -0.05) is 153 Å². The SMILES string of the molecule is Cc1cc2c3c(c1)N(c1ccc(C(C)(C)C)cc1)c1cc(C(C)(C)C)cc4c1B3c1c(cc(C(C)(C)C)cc1[Si]4(C)C)N2c1ccc(-c2ccccc2)cc1. The van der Waals surface area contributed by atoms with Crippen LogP contribution in [-0.2, 0) is 16.2 Å². The molecule has 9 rings (SSSR count). The van der Waals surface area contributed by atoms with Gasteiger partial charge in [-0.2, -0.15) is 0 Å². The first-order valence-corrected chi connectivity index (χ1v) is 23.2. The fraction of sp³-hybridized carbons (Fsp3) is 0.294. The molecule has 0 aliphatic carbocycles. The Morgan fingerprint density at radius 1 is 0.436 bits per heavy atom. The van der Waals surface area contributed by atoms with Crippen molar-refractivity contribution >= 4 is 75.7 Å². The number of anilines is 6. The van der Waals surface area contributed by atoms with E-state index in [0.717, 1.165) is 0 Å². The number of hydrogen-bond donors (Lipinski definition) is 0. The molecule has 0 unspecified atom stereocenters. The number of rotatable bonds is 3. The van der Waals surface area contributed by atoms with E-state index in [2.05, 4.69) is 207 Å². The first-order chi connectivity index (χ1) is 25.8. The highest BCUT2D eigenvalue weighted by molar-refractivity contribution is 7.16. The van der Waals surface area contributed by atoms with Gasteiger partial charge in [0.15, 0.2) is 0 Å². The number of hydrogen-bond acceptors (Lipinski definition) is 2. The normalized spacial score (nSPS) is 15.3. The summed E-state index contributed by atoms with van der Waals surface area (Å²) in [5.74, 6) is 0. The van der Waals surface area contributed by atoms with Crippen molar-refractivity contribution in [1.82, 2.24) is 0 Å². The van der Waals surface area contributed by atoms with Crippen molar-refractivity contribution in [1.29, 1.82) is 0 Å². The van der Waals surface area contributed by atoms with Gasteiger partial charge >= 0.3 is 0 Å². The Bertz CT molecular complexity index is 2510. The third-order valence-corrected chi connectivity index (χ3v) is 16.3. The van der Waals surface area contributed by atoms with Crippen LogP contribution in [0, 0.1) is 6.92 Å². The fourth-order valence-electron chi connectivity index (χ4n) is 9.52. The molecule has 3 heterocycles. The molecule has 0 radical (unpaired) electrons. The van der Waals surface area contributed by atoms with Crippen LogP contribution in [0.5, 0.6) is 0 Å². The molecule has 0 saturated heterocycles. The molecule has 55 heavy (non-hydrogen) atoms. The minimum atomic E-state index is -2.24. The molecular formula is C51H55BN2Si. The van der Waals surface area contributed by atoms with Gasteiger partial charge in [0.25, 0.3) is 6.71 Å². The van der Waals surface area contributed by atoms with Gasteiger partial charge in [0.1, 0.15) is 8.07 Å². The highest BCUT2D eigenvalue weighted by atomic mass is 28.3. The minimum Gasteiger partial charge on any atom is -0.311 e. The molecule has 6 aromatic rings. The summed E-state index contributed by atoms with van der Waals surface area (Å²) in [6.45, 7) is 28.9.